The molecule has 0 N–H and O–H groups in total. The van der Waals surface area contributed by atoms with E-state index in [1.54, 1.807) is 36.0 Å². The van der Waals surface area contributed by atoms with Gasteiger partial charge in [0.25, 0.3) is 5.56 Å². The van der Waals surface area contributed by atoms with Crippen LogP contribution in [0.2, 0.25) is 0 Å². The molecule has 0 spiro atoms. The minimum absolute atomic E-state index is 0.208. The summed E-state index contributed by atoms with van der Waals surface area (Å²) in [7, 11) is 2.88. The number of methoxy groups -OCH3 is 2. The van der Waals surface area contributed by atoms with Crippen LogP contribution in [0, 0.1) is 11.3 Å². The summed E-state index contributed by atoms with van der Waals surface area (Å²) in [5.74, 6) is 0.495. The molecule has 8 nitrogen and oxygen atoms in total. The molecule has 2 heterocycles. The highest BCUT2D eigenvalue weighted by Gasteiger charge is 2.33. The van der Waals surface area contributed by atoms with Gasteiger partial charge in [-0.3, -0.25) is 9.36 Å². The molecule has 0 radical (unpaired) electrons. The van der Waals surface area contributed by atoms with Gasteiger partial charge in [-0.25, -0.2) is 9.79 Å². The minimum atomic E-state index is -0.654. The summed E-state index contributed by atoms with van der Waals surface area (Å²) in [6.07, 6.45) is 2.28. The molecule has 1 atom stereocenters. The minimum Gasteiger partial charge on any atom is -0.493 e. The molecule has 3 aromatic carbocycles. The van der Waals surface area contributed by atoms with Crippen LogP contribution in [0.3, 0.4) is 0 Å². The Morgan fingerprint density at radius 1 is 1.07 bits per heavy atom. The van der Waals surface area contributed by atoms with Gasteiger partial charge in [-0.05, 0) is 41.8 Å². The molecule has 0 fully saturated rings. The first-order valence-corrected chi connectivity index (χ1v) is 13.8. The highest BCUT2D eigenvalue weighted by atomic mass is 32.1. The number of nitriles is 1. The van der Waals surface area contributed by atoms with Crippen molar-refractivity contribution in [1.82, 2.24) is 4.57 Å². The molecule has 1 aliphatic rings. The Balaban J connectivity index is 1.55. The van der Waals surface area contributed by atoms with Gasteiger partial charge in [-0.1, -0.05) is 72.9 Å². The highest BCUT2D eigenvalue weighted by molar-refractivity contribution is 7.07. The second kappa shape index (κ2) is 12.1. The van der Waals surface area contributed by atoms with Gasteiger partial charge >= 0.3 is 5.97 Å². The average molecular weight is 566 g/mol. The van der Waals surface area contributed by atoms with Crippen LogP contribution in [0.15, 0.2) is 93.9 Å². The Kier molecular flexibility index (Phi) is 8.13. The zero-order chi connectivity index (χ0) is 28.9. The van der Waals surface area contributed by atoms with Gasteiger partial charge in [0.15, 0.2) is 16.3 Å². The van der Waals surface area contributed by atoms with Crippen LogP contribution in [-0.4, -0.2) is 24.8 Å². The van der Waals surface area contributed by atoms with Crippen molar-refractivity contribution in [1.29, 1.82) is 5.26 Å². The van der Waals surface area contributed by atoms with Crippen molar-refractivity contribution >= 4 is 23.4 Å². The molecule has 4 aromatic rings. The Labute approximate surface area is 240 Å². The molecule has 1 aliphatic heterocycles. The fourth-order valence-corrected chi connectivity index (χ4v) is 5.79. The van der Waals surface area contributed by atoms with Crippen molar-refractivity contribution in [2.24, 2.45) is 4.99 Å². The van der Waals surface area contributed by atoms with E-state index in [0.717, 1.165) is 16.7 Å². The Morgan fingerprint density at radius 2 is 1.83 bits per heavy atom. The second-order valence-corrected chi connectivity index (χ2v) is 10.2. The third-order valence-corrected chi connectivity index (χ3v) is 7.75. The van der Waals surface area contributed by atoms with E-state index in [1.807, 2.05) is 61.5 Å². The van der Waals surface area contributed by atoms with Gasteiger partial charge in [0, 0.05) is 5.56 Å². The van der Waals surface area contributed by atoms with Crippen molar-refractivity contribution in [3.63, 3.8) is 0 Å². The molecule has 9 heteroatoms. The van der Waals surface area contributed by atoms with Crippen molar-refractivity contribution < 1.29 is 19.0 Å². The van der Waals surface area contributed by atoms with Crippen molar-refractivity contribution in [3.05, 3.63) is 126 Å². The number of thiazole rings is 1. The molecule has 5 rings (SSSR count). The van der Waals surface area contributed by atoms with Crippen LogP contribution in [0.4, 0.5) is 0 Å². The van der Waals surface area contributed by atoms with Gasteiger partial charge in [0.1, 0.15) is 6.61 Å². The molecule has 0 amide bonds. The summed E-state index contributed by atoms with van der Waals surface area (Å²) in [6.45, 7) is 2.13. The topological polar surface area (TPSA) is 103 Å². The lowest BCUT2D eigenvalue weighted by atomic mass is 9.95. The summed E-state index contributed by atoms with van der Waals surface area (Å²) in [4.78, 5) is 32.0. The number of rotatable bonds is 8. The third-order valence-electron chi connectivity index (χ3n) is 6.77. The van der Waals surface area contributed by atoms with E-state index in [-0.39, 0.29) is 12.2 Å². The van der Waals surface area contributed by atoms with Crippen LogP contribution < -0.4 is 24.4 Å². The van der Waals surface area contributed by atoms with E-state index < -0.39 is 12.0 Å². The lowest BCUT2D eigenvalue weighted by Gasteiger charge is -2.25. The zero-order valence-electron chi connectivity index (χ0n) is 22.8. The van der Waals surface area contributed by atoms with Crippen molar-refractivity contribution in [2.45, 2.75) is 26.0 Å². The molecule has 206 valence electrons. The first kappa shape index (κ1) is 27.6. The maximum Gasteiger partial charge on any atom is 0.338 e. The van der Waals surface area contributed by atoms with Crippen molar-refractivity contribution in [3.8, 4) is 17.6 Å². The van der Waals surface area contributed by atoms with Crippen LogP contribution in [0.1, 0.15) is 41.6 Å². The summed E-state index contributed by atoms with van der Waals surface area (Å²) < 4.78 is 18.7. The molecule has 41 heavy (non-hydrogen) atoms. The maximum atomic E-state index is 13.8. The number of aromatic nitrogens is 1. The normalized spacial score (nSPS) is 14.6. The van der Waals surface area contributed by atoms with E-state index in [2.05, 4.69) is 6.07 Å². The van der Waals surface area contributed by atoms with Gasteiger partial charge < -0.3 is 14.2 Å². The number of allylic oxidation sites excluding steroid dienone is 1. The number of hydrogen-bond acceptors (Lipinski definition) is 8. The Morgan fingerprint density at radius 3 is 2.54 bits per heavy atom. The van der Waals surface area contributed by atoms with E-state index in [0.29, 0.717) is 44.1 Å². The molecule has 0 saturated carbocycles. The first-order chi connectivity index (χ1) is 20.0. The molecule has 0 unspecified atom stereocenters. The number of esters is 1. The predicted molar refractivity (Wildman–Crippen MR) is 155 cm³/mol. The molecule has 0 bridgehead atoms. The van der Waals surface area contributed by atoms with Crippen LogP contribution in [-0.2, 0) is 16.1 Å². The summed E-state index contributed by atoms with van der Waals surface area (Å²) in [5.41, 5.74) is 3.55. The maximum absolute atomic E-state index is 13.8. The summed E-state index contributed by atoms with van der Waals surface area (Å²) in [6, 6.07) is 23.6. The van der Waals surface area contributed by atoms with E-state index >= 15 is 0 Å². The molecule has 0 saturated heterocycles. The number of ether oxygens (including phenoxy) is 3. The van der Waals surface area contributed by atoms with E-state index in [4.69, 9.17) is 19.2 Å². The molecular weight excluding hydrogens is 538 g/mol. The number of fused-ring (bicyclic) bond motifs is 1. The number of carbonyl (C=O) groups is 1. The number of benzene rings is 3. The fourth-order valence-electron chi connectivity index (χ4n) is 4.77. The molecular formula is C32H27N3O5S. The van der Waals surface area contributed by atoms with Gasteiger partial charge in [0.2, 0.25) is 0 Å². The van der Waals surface area contributed by atoms with E-state index in [1.165, 1.54) is 18.4 Å². The van der Waals surface area contributed by atoms with E-state index in [9.17, 15) is 14.9 Å². The third kappa shape index (κ3) is 5.42. The smallest absolute Gasteiger partial charge is 0.338 e. The van der Waals surface area contributed by atoms with Crippen LogP contribution in [0.5, 0.6) is 11.5 Å². The second-order valence-electron chi connectivity index (χ2n) is 9.17. The van der Waals surface area contributed by atoms with Gasteiger partial charge in [0.05, 0.1) is 47.7 Å². The number of hydrogen-bond donors (Lipinski definition) is 0. The lowest BCUT2D eigenvalue weighted by molar-refractivity contribution is -0.136. The van der Waals surface area contributed by atoms with Crippen molar-refractivity contribution in [2.75, 3.05) is 14.2 Å². The Hall–Kier alpha value is -4.94. The van der Waals surface area contributed by atoms with Gasteiger partial charge in [-0.15, -0.1) is 0 Å². The van der Waals surface area contributed by atoms with Crippen LogP contribution in [0.25, 0.3) is 6.08 Å². The quantitative estimate of drug-likeness (QED) is 0.296. The average Bonchev–Trinajstić information content (AvgIpc) is 3.33. The summed E-state index contributed by atoms with van der Waals surface area (Å²) in [5, 5.41) is 9.35. The Bertz CT molecular complexity index is 1870. The molecule has 0 aliphatic carbocycles. The zero-order valence-corrected chi connectivity index (χ0v) is 23.6. The number of carbonyl (C=O) groups excluding carboxylic acids is 1. The monoisotopic (exact) mass is 565 g/mol. The first-order valence-electron chi connectivity index (χ1n) is 13.0. The largest absolute Gasteiger partial charge is 0.493 e. The summed E-state index contributed by atoms with van der Waals surface area (Å²) >= 11 is 1.26. The highest BCUT2D eigenvalue weighted by Crippen LogP contribution is 2.32. The number of nitrogens with zero attached hydrogens (tertiary/aromatic N) is 3. The predicted octanol–water partition coefficient (Wildman–Crippen LogP) is 4.26. The fraction of sp³-hybridized carbons (Fsp3) is 0.188. The van der Waals surface area contributed by atoms with Gasteiger partial charge in [-0.2, -0.15) is 5.26 Å². The molecule has 1 aromatic heterocycles. The standard InChI is InChI=1S/C32H27N3O5S/c1-4-24-28(31(37)39-3)29(21-10-6-5-7-11-21)35-30(36)27(41-32(35)34-24)17-20-14-15-25(26(16-20)38-2)40-19-23-13-9-8-12-22(23)18-33/h5-17,29H,4,19H2,1-3H3/b27-17-/t29-/m1/s1. The lowest BCUT2D eigenvalue weighted by Crippen LogP contribution is -2.40. The SMILES string of the molecule is CCC1=C(C(=O)OC)[C@@H](c2ccccc2)n2c(s/c(=C\c3ccc(OCc4ccccc4C#N)c(OC)c3)c2=O)=N1. The van der Waals surface area contributed by atoms with Crippen LogP contribution >= 0.6 is 11.3 Å².